The maximum absolute atomic E-state index is 11.8. The maximum Gasteiger partial charge on any atom is 0.328 e. The summed E-state index contributed by atoms with van der Waals surface area (Å²) < 4.78 is 1.94. The second-order valence-electron chi connectivity index (χ2n) is 5.47. The van der Waals surface area contributed by atoms with E-state index < -0.39 is 17.8 Å². The van der Waals surface area contributed by atoms with Crippen molar-refractivity contribution in [2.45, 2.75) is 13.8 Å². The third-order valence-electron chi connectivity index (χ3n) is 3.82. The third kappa shape index (κ3) is 2.67. The van der Waals surface area contributed by atoms with Crippen molar-refractivity contribution in [2.24, 2.45) is 0 Å². The molecule has 1 fully saturated rings. The minimum Gasteiger partial charge on any atom is -0.508 e. The molecular weight excluding hydrogens is 310 g/mol. The number of rotatable bonds is 2. The molecule has 1 aromatic carbocycles. The van der Waals surface area contributed by atoms with Crippen molar-refractivity contribution < 1.29 is 19.5 Å². The molecule has 0 atom stereocenters. The van der Waals surface area contributed by atoms with E-state index in [2.05, 4.69) is 0 Å². The lowest BCUT2D eigenvalue weighted by atomic mass is 10.1. The van der Waals surface area contributed by atoms with Crippen molar-refractivity contribution in [1.29, 1.82) is 0 Å². The molecule has 0 aliphatic carbocycles. The monoisotopic (exact) mass is 325 g/mol. The predicted molar refractivity (Wildman–Crippen MR) is 86.6 cm³/mol. The van der Waals surface area contributed by atoms with Gasteiger partial charge in [-0.2, -0.15) is 0 Å². The van der Waals surface area contributed by atoms with Crippen molar-refractivity contribution in [3.63, 3.8) is 0 Å². The lowest BCUT2D eigenvalue weighted by molar-refractivity contribution is -0.123. The molecule has 2 aromatic rings. The summed E-state index contributed by atoms with van der Waals surface area (Å²) in [5.41, 5.74) is 3.14. The van der Waals surface area contributed by atoms with Crippen molar-refractivity contribution >= 4 is 23.9 Å². The van der Waals surface area contributed by atoms with Crippen LogP contribution < -0.4 is 10.6 Å². The van der Waals surface area contributed by atoms with Gasteiger partial charge in [-0.1, -0.05) is 0 Å². The third-order valence-corrected chi connectivity index (χ3v) is 3.82. The molecule has 1 aliphatic rings. The Bertz CT molecular complexity index is 869. The highest BCUT2D eigenvalue weighted by Gasteiger charge is 2.28. The van der Waals surface area contributed by atoms with Crippen LogP contribution in [0.4, 0.5) is 4.79 Å². The number of imide groups is 2. The van der Waals surface area contributed by atoms with Crippen molar-refractivity contribution in [3.05, 3.63) is 52.9 Å². The predicted octanol–water partition coefficient (Wildman–Crippen LogP) is 1.55. The molecule has 1 saturated heterocycles. The van der Waals surface area contributed by atoms with Crippen LogP contribution in [-0.4, -0.2) is 27.5 Å². The Morgan fingerprint density at radius 2 is 1.58 bits per heavy atom. The minimum absolute atomic E-state index is 0.124. The largest absolute Gasteiger partial charge is 0.508 e. The number of phenols is 1. The van der Waals surface area contributed by atoms with Crippen LogP contribution in [0.15, 0.2) is 35.9 Å². The fourth-order valence-corrected chi connectivity index (χ4v) is 2.69. The molecule has 3 rings (SSSR count). The number of hydrogen-bond acceptors (Lipinski definition) is 4. The Hall–Kier alpha value is -3.35. The number of carbonyl (C=O) groups is 3. The molecule has 0 saturated carbocycles. The van der Waals surface area contributed by atoms with Gasteiger partial charge in [0, 0.05) is 17.1 Å². The van der Waals surface area contributed by atoms with Gasteiger partial charge in [0.25, 0.3) is 11.8 Å². The van der Waals surface area contributed by atoms with Crippen LogP contribution >= 0.6 is 0 Å². The molecule has 122 valence electrons. The van der Waals surface area contributed by atoms with Gasteiger partial charge in [0.15, 0.2) is 0 Å². The molecule has 0 unspecified atom stereocenters. The summed E-state index contributed by atoms with van der Waals surface area (Å²) in [5, 5.41) is 13.5. The summed E-state index contributed by atoms with van der Waals surface area (Å²) in [4.78, 5) is 34.8. The molecule has 0 spiro atoms. The number of barbiturate groups is 1. The molecule has 0 bridgehead atoms. The Balaban J connectivity index is 2.05. The van der Waals surface area contributed by atoms with Gasteiger partial charge in [-0.25, -0.2) is 4.79 Å². The number of hydrogen-bond donors (Lipinski definition) is 3. The van der Waals surface area contributed by atoms with Gasteiger partial charge in [0.2, 0.25) is 0 Å². The van der Waals surface area contributed by atoms with E-state index in [4.69, 9.17) is 0 Å². The highest BCUT2D eigenvalue weighted by molar-refractivity contribution is 6.31. The average Bonchev–Trinajstić information content (AvgIpc) is 2.78. The topological polar surface area (TPSA) is 100 Å². The van der Waals surface area contributed by atoms with Gasteiger partial charge >= 0.3 is 6.03 Å². The number of nitrogens with one attached hydrogen (secondary N) is 2. The van der Waals surface area contributed by atoms with E-state index in [0.717, 1.165) is 17.1 Å². The normalized spacial score (nSPS) is 14.4. The number of aryl methyl sites for hydroxylation is 1. The highest BCUT2D eigenvalue weighted by atomic mass is 16.3. The lowest BCUT2D eigenvalue weighted by Gasteiger charge is -2.14. The number of urea groups is 1. The highest BCUT2D eigenvalue weighted by Crippen LogP contribution is 2.24. The van der Waals surface area contributed by atoms with Crippen LogP contribution in [0, 0.1) is 13.8 Å². The number of amides is 4. The SMILES string of the molecule is Cc1cc(C=C2C(=O)NC(=O)NC2=O)c(C)n1-c1ccc(O)cc1. The van der Waals surface area contributed by atoms with Gasteiger partial charge in [-0.15, -0.1) is 0 Å². The number of nitrogens with zero attached hydrogens (tertiary/aromatic N) is 1. The quantitative estimate of drug-likeness (QED) is 0.576. The zero-order chi connectivity index (χ0) is 17.4. The summed E-state index contributed by atoms with van der Waals surface area (Å²) >= 11 is 0. The Morgan fingerprint density at radius 1 is 1.00 bits per heavy atom. The Kier molecular flexibility index (Phi) is 3.69. The first-order valence-electron chi connectivity index (χ1n) is 7.23. The van der Waals surface area contributed by atoms with E-state index in [0.29, 0.717) is 5.56 Å². The molecule has 1 aliphatic heterocycles. The van der Waals surface area contributed by atoms with Crippen LogP contribution in [0.1, 0.15) is 17.0 Å². The summed E-state index contributed by atoms with van der Waals surface area (Å²) in [6.07, 6.45) is 1.45. The van der Waals surface area contributed by atoms with Crippen LogP contribution in [0.5, 0.6) is 5.75 Å². The molecule has 1 aromatic heterocycles. The first kappa shape index (κ1) is 15.5. The second kappa shape index (κ2) is 5.69. The number of benzene rings is 1. The van der Waals surface area contributed by atoms with Gasteiger partial charge in [-0.3, -0.25) is 20.2 Å². The van der Waals surface area contributed by atoms with Gasteiger partial charge in [0.05, 0.1) is 0 Å². The molecule has 0 radical (unpaired) electrons. The zero-order valence-corrected chi connectivity index (χ0v) is 13.1. The first-order valence-corrected chi connectivity index (χ1v) is 7.23. The molecule has 7 nitrogen and oxygen atoms in total. The van der Waals surface area contributed by atoms with Gasteiger partial charge in [-0.05, 0) is 55.8 Å². The lowest BCUT2D eigenvalue weighted by Crippen LogP contribution is -2.51. The van der Waals surface area contributed by atoms with E-state index in [9.17, 15) is 19.5 Å². The molecule has 2 heterocycles. The van der Waals surface area contributed by atoms with Crippen LogP contribution in [0.2, 0.25) is 0 Å². The second-order valence-corrected chi connectivity index (χ2v) is 5.47. The average molecular weight is 325 g/mol. The summed E-state index contributed by atoms with van der Waals surface area (Å²) in [6.45, 7) is 3.75. The number of aromatic hydroxyl groups is 1. The fourth-order valence-electron chi connectivity index (χ4n) is 2.69. The summed E-state index contributed by atoms with van der Waals surface area (Å²) in [7, 11) is 0. The Morgan fingerprint density at radius 3 is 2.17 bits per heavy atom. The number of carbonyl (C=O) groups excluding carboxylic acids is 3. The van der Waals surface area contributed by atoms with Crippen LogP contribution in [0.3, 0.4) is 0 Å². The fraction of sp³-hybridized carbons (Fsp3) is 0.118. The van der Waals surface area contributed by atoms with Crippen molar-refractivity contribution in [1.82, 2.24) is 15.2 Å². The van der Waals surface area contributed by atoms with E-state index in [1.165, 1.54) is 6.08 Å². The van der Waals surface area contributed by atoms with Crippen LogP contribution in [0.25, 0.3) is 11.8 Å². The summed E-state index contributed by atoms with van der Waals surface area (Å²) in [6, 6.07) is 7.72. The number of phenolic OH excluding ortho intramolecular Hbond substituents is 1. The van der Waals surface area contributed by atoms with Crippen molar-refractivity contribution in [2.75, 3.05) is 0 Å². The standard InChI is InChI=1S/C17H15N3O4/c1-9-7-11(8-14-15(22)18-17(24)19-16(14)23)10(2)20(9)12-3-5-13(21)6-4-12/h3-8,21H,1-2H3,(H2,18,19,22,23,24). The number of aromatic nitrogens is 1. The molecule has 4 amide bonds. The van der Waals surface area contributed by atoms with E-state index in [1.807, 2.05) is 35.1 Å². The molecular formula is C17H15N3O4. The van der Waals surface area contributed by atoms with E-state index in [-0.39, 0.29) is 11.3 Å². The van der Waals surface area contributed by atoms with E-state index in [1.54, 1.807) is 24.3 Å². The van der Waals surface area contributed by atoms with Crippen molar-refractivity contribution in [3.8, 4) is 11.4 Å². The van der Waals surface area contributed by atoms with Crippen LogP contribution in [-0.2, 0) is 9.59 Å². The first-order chi connectivity index (χ1) is 11.4. The summed E-state index contributed by atoms with van der Waals surface area (Å²) in [5.74, 6) is -1.28. The van der Waals surface area contributed by atoms with Gasteiger partial charge in [0.1, 0.15) is 11.3 Å². The minimum atomic E-state index is -0.822. The molecule has 24 heavy (non-hydrogen) atoms. The zero-order valence-electron chi connectivity index (χ0n) is 13.1. The smallest absolute Gasteiger partial charge is 0.328 e. The van der Waals surface area contributed by atoms with E-state index >= 15 is 0 Å². The molecule has 7 heteroatoms. The Labute approximate surface area is 137 Å². The van der Waals surface area contributed by atoms with Gasteiger partial charge < -0.3 is 9.67 Å². The maximum atomic E-state index is 11.8. The molecule has 3 N–H and O–H groups in total.